The number of aromatic nitrogens is 1. The second-order valence-electron chi connectivity index (χ2n) is 4.01. The number of nitrogens with two attached hydrogens (primary N) is 1. The van der Waals surface area contributed by atoms with Gasteiger partial charge in [-0.25, -0.2) is 4.79 Å². The Morgan fingerprint density at radius 2 is 2.21 bits per heavy atom. The molecule has 0 aliphatic heterocycles. The van der Waals surface area contributed by atoms with Gasteiger partial charge in [-0.05, 0) is 24.7 Å². The van der Waals surface area contributed by atoms with Gasteiger partial charge in [0.05, 0.1) is 23.2 Å². The zero-order chi connectivity index (χ0) is 14.0. The number of carboxylic acid groups (broad SMARTS) is 1. The summed E-state index contributed by atoms with van der Waals surface area (Å²) in [5.74, 6) is -0.597. The van der Waals surface area contributed by atoms with E-state index in [0.717, 1.165) is 0 Å². The Bertz CT molecular complexity index is 643. The minimum atomic E-state index is -1.02. The van der Waals surface area contributed by atoms with Crippen LogP contribution in [0.4, 0.5) is 0 Å². The van der Waals surface area contributed by atoms with E-state index in [-0.39, 0.29) is 5.56 Å². The molecule has 1 aromatic heterocycles. The summed E-state index contributed by atoms with van der Waals surface area (Å²) in [6.45, 7) is 0.404. The van der Waals surface area contributed by atoms with E-state index < -0.39 is 5.97 Å². The minimum absolute atomic E-state index is 0.170. The number of carbonyl (C=O) groups is 1. The number of hydrogen-bond acceptors (Lipinski definition) is 4. The fourth-order valence-electron chi connectivity index (χ4n) is 1.89. The summed E-state index contributed by atoms with van der Waals surface area (Å²) in [7, 11) is 1.48. The summed E-state index contributed by atoms with van der Waals surface area (Å²) in [6, 6.07) is 4.72. The molecule has 1 heterocycles. The molecule has 0 spiro atoms. The Balaban J connectivity index is 2.75. The molecule has 100 valence electrons. The third-order valence-corrected chi connectivity index (χ3v) is 3.06. The second-order valence-corrected chi connectivity index (χ2v) is 4.42. The van der Waals surface area contributed by atoms with Crippen molar-refractivity contribution in [2.45, 2.75) is 6.42 Å². The number of ether oxygens (including phenoxy) is 1. The lowest BCUT2D eigenvalue weighted by Crippen LogP contribution is -2.07. The van der Waals surface area contributed by atoms with Crippen LogP contribution in [0.3, 0.4) is 0 Å². The quantitative estimate of drug-likeness (QED) is 0.896. The lowest BCUT2D eigenvalue weighted by molar-refractivity contribution is 0.0699. The Kier molecular flexibility index (Phi) is 3.87. The number of carboxylic acids is 1. The molecule has 0 atom stereocenters. The molecule has 6 heteroatoms. The molecule has 0 saturated carbocycles. The molecule has 0 fully saturated rings. The van der Waals surface area contributed by atoms with Crippen LogP contribution in [0.5, 0.6) is 5.75 Å². The van der Waals surface area contributed by atoms with Crippen molar-refractivity contribution < 1.29 is 14.6 Å². The number of nitrogens with zero attached hydrogens (tertiary/aromatic N) is 1. The van der Waals surface area contributed by atoms with Crippen molar-refractivity contribution in [3.8, 4) is 5.75 Å². The van der Waals surface area contributed by atoms with Crippen LogP contribution < -0.4 is 10.5 Å². The molecule has 1 aromatic carbocycles. The van der Waals surface area contributed by atoms with Crippen molar-refractivity contribution in [1.29, 1.82) is 0 Å². The zero-order valence-electron chi connectivity index (χ0n) is 10.3. The third-order valence-electron chi connectivity index (χ3n) is 2.77. The monoisotopic (exact) mass is 280 g/mol. The highest BCUT2D eigenvalue weighted by Crippen LogP contribution is 2.31. The van der Waals surface area contributed by atoms with Gasteiger partial charge in [-0.15, -0.1) is 0 Å². The van der Waals surface area contributed by atoms with Crippen LogP contribution in [-0.2, 0) is 6.42 Å². The predicted molar refractivity (Wildman–Crippen MR) is 73.0 cm³/mol. The molecule has 0 aliphatic rings. The van der Waals surface area contributed by atoms with Gasteiger partial charge in [-0.1, -0.05) is 11.6 Å². The van der Waals surface area contributed by atoms with E-state index in [1.807, 2.05) is 0 Å². The van der Waals surface area contributed by atoms with Gasteiger partial charge < -0.3 is 15.6 Å². The SMILES string of the molecule is COc1cc2c(C(=O)O)cc(CCN)nc2cc1Cl. The van der Waals surface area contributed by atoms with E-state index in [4.69, 9.17) is 22.1 Å². The highest BCUT2D eigenvalue weighted by Gasteiger charge is 2.14. The van der Waals surface area contributed by atoms with Gasteiger partial charge in [0.15, 0.2) is 0 Å². The molecular formula is C13H13ClN2O3. The van der Waals surface area contributed by atoms with Crippen molar-refractivity contribution in [2.75, 3.05) is 13.7 Å². The lowest BCUT2D eigenvalue weighted by atomic mass is 10.1. The van der Waals surface area contributed by atoms with E-state index in [2.05, 4.69) is 4.98 Å². The van der Waals surface area contributed by atoms with E-state index in [1.54, 1.807) is 12.1 Å². The topological polar surface area (TPSA) is 85.4 Å². The first-order valence-electron chi connectivity index (χ1n) is 5.67. The highest BCUT2D eigenvalue weighted by atomic mass is 35.5. The van der Waals surface area contributed by atoms with Crippen molar-refractivity contribution in [2.24, 2.45) is 5.73 Å². The molecule has 3 N–H and O–H groups in total. The first-order valence-corrected chi connectivity index (χ1v) is 6.05. The average molecular weight is 281 g/mol. The number of methoxy groups -OCH3 is 1. The van der Waals surface area contributed by atoms with Gasteiger partial charge >= 0.3 is 5.97 Å². The van der Waals surface area contributed by atoms with Crippen LogP contribution in [0.2, 0.25) is 5.02 Å². The Labute approximate surface area is 115 Å². The van der Waals surface area contributed by atoms with Crippen LogP contribution in [0, 0.1) is 0 Å². The third kappa shape index (κ3) is 2.62. The summed E-state index contributed by atoms with van der Waals surface area (Å²) in [6.07, 6.45) is 0.514. The van der Waals surface area contributed by atoms with E-state index in [1.165, 1.54) is 13.2 Å². The molecule has 2 rings (SSSR count). The predicted octanol–water partition coefficient (Wildman–Crippen LogP) is 2.10. The fraction of sp³-hybridized carbons (Fsp3) is 0.231. The van der Waals surface area contributed by atoms with Crippen molar-refractivity contribution >= 4 is 28.5 Å². The standard InChI is InChI=1S/C13H13ClN2O3/c1-19-12-5-8-9(13(17)18)4-7(2-3-15)16-11(8)6-10(12)14/h4-6H,2-3,15H2,1H3,(H,17,18). The van der Waals surface area contributed by atoms with Crippen molar-refractivity contribution in [3.05, 3.63) is 34.5 Å². The van der Waals surface area contributed by atoms with Crippen molar-refractivity contribution in [3.63, 3.8) is 0 Å². The van der Waals surface area contributed by atoms with E-state index in [0.29, 0.717) is 40.3 Å². The Morgan fingerprint density at radius 3 is 2.79 bits per heavy atom. The Morgan fingerprint density at radius 1 is 1.47 bits per heavy atom. The van der Waals surface area contributed by atoms with Gasteiger partial charge in [-0.2, -0.15) is 0 Å². The van der Waals surface area contributed by atoms with E-state index in [9.17, 15) is 9.90 Å². The van der Waals surface area contributed by atoms with Crippen LogP contribution in [-0.4, -0.2) is 29.7 Å². The number of halogens is 1. The largest absolute Gasteiger partial charge is 0.495 e. The maximum Gasteiger partial charge on any atom is 0.336 e. The number of aromatic carboxylic acids is 1. The van der Waals surface area contributed by atoms with E-state index >= 15 is 0 Å². The first-order chi connectivity index (χ1) is 9.06. The molecule has 0 radical (unpaired) electrons. The molecule has 19 heavy (non-hydrogen) atoms. The zero-order valence-corrected chi connectivity index (χ0v) is 11.1. The van der Waals surface area contributed by atoms with Crippen LogP contribution in [0.25, 0.3) is 10.9 Å². The molecule has 0 saturated heterocycles. The molecule has 5 nitrogen and oxygen atoms in total. The smallest absolute Gasteiger partial charge is 0.336 e. The molecule has 2 aromatic rings. The minimum Gasteiger partial charge on any atom is -0.495 e. The summed E-state index contributed by atoms with van der Waals surface area (Å²) < 4.78 is 5.09. The normalized spacial score (nSPS) is 10.7. The van der Waals surface area contributed by atoms with Crippen LogP contribution in [0.1, 0.15) is 16.1 Å². The lowest BCUT2D eigenvalue weighted by Gasteiger charge is -2.09. The van der Waals surface area contributed by atoms with Gasteiger partial charge in [-0.3, -0.25) is 4.98 Å². The van der Waals surface area contributed by atoms with Crippen molar-refractivity contribution in [1.82, 2.24) is 4.98 Å². The number of benzene rings is 1. The van der Waals surface area contributed by atoms with Gasteiger partial charge in [0.1, 0.15) is 5.75 Å². The molecule has 0 bridgehead atoms. The summed E-state index contributed by atoms with van der Waals surface area (Å²) >= 11 is 6.03. The number of rotatable bonds is 4. The van der Waals surface area contributed by atoms with Crippen LogP contribution >= 0.6 is 11.6 Å². The summed E-state index contributed by atoms with van der Waals surface area (Å²) in [4.78, 5) is 15.7. The maximum absolute atomic E-state index is 11.3. The summed E-state index contributed by atoms with van der Waals surface area (Å²) in [5.41, 5.74) is 6.80. The molecule has 0 amide bonds. The van der Waals surface area contributed by atoms with Crippen LogP contribution in [0.15, 0.2) is 18.2 Å². The Hall–Kier alpha value is -1.85. The average Bonchev–Trinajstić information content (AvgIpc) is 2.37. The van der Waals surface area contributed by atoms with Gasteiger partial charge in [0.25, 0.3) is 0 Å². The maximum atomic E-state index is 11.3. The number of fused-ring (bicyclic) bond motifs is 1. The second kappa shape index (κ2) is 5.42. The summed E-state index contributed by atoms with van der Waals surface area (Å²) in [5, 5.41) is 10.2. The van der Waals surface area contributed by atoms with Gasteiger partial charge in [0, 0.05) is 17.5 Å². The molecule has 0 aliphatic carbocycles. The van der Waals surface area contributed by atoms with Gasteiger partial charge in [0.2, 0.25) is 0 Å². The first kappa shape index (κ1) is 13.6. The molecular weight excluding hydrogens is 268 g/mol. The number of pyridine rings is 1. The highest BCUT2D eigenvalue weighted by molar-refractivity contribution is 6.33. The number of hydrogen-bond donors (Lipinski definition) is 2. The fourth-order valence-corrected chi connectivity index (χ4v) is 2.13. The molecule has 0 unspecified atom stereocenters.